The average Bonchev–Trinajstić information content (AvgIpc) is 2.28. The topological polar surface area (TPSA) is 77.4 Å². The second kappa shape index (κ2) is 5.74. The zero-order chi connectivity index (χ0) is 11.4. The summed E-state index contributed by atoms with van der Waals surface area (Å²) < 4.78 is 20.5. The van der Waals surface area contributed by atoms with Gasteiger partial charge in [-0.1, -0.05) is 0 Å². The Balaban J connectivity index is 2.78. The van der Waals surface area contributed by atoms with Gasteiger partial charge in [-0.25, -0.2) is 0 Å². The molecule has 6 nitrogen and oxygen atoms in total. The molecule has 2 N–H and O–H groups in total. The molecule has 0 spiro atoms. The van der Waals surface area contributed by atoms with E-state index in [1.54, 1.807) is 0 Å². The maximum absolute atomic E-state index is 9.81. The Labute approximate surface area is 88.7 Å². The molecule has 0 aromatic heterocycles. The second-order valence-electron chi connectivity index (χ2n) is 3.35. The molecule has 1 aliphatic heterocycles. The van der Waals surface area contributed by atoms with Gasteiger partial charge < -0.3 is 29.2 Å². The van der Waals surface area contributed by atoms with E-state index in [4.69, 9.17) is 24.1 Å². The fourth-order valence-corrected chi connectivity index (χ4v) is 1.79. The van der Waals surface area contributed by atoms with Gasteiger partial charge in [-0.3, -0.25) is 0 Å². The summed E-state index contributed by atoms with van der Waals surface area (Å²) in [6.07, 6.45) is -3.40. The van der Waals surface area contributed by atoms with Crippen LogP contribution in [0, 0.1) is 0 Å². The number of ether oxygens (including phenoxy) is 4. The Kier molecular flexibility index (Phi) is 4.91. The van der Waals surface area contributed by atoms with Gasteiger partial charge in [0, 0.05) is 21.3 Å². The van der Waals surface area contributed by atoms with E-state index >= 15 is 0 Å². The highest BCUT2D eigenvalue weighted by Crippen LogP contribution is 2.25. The molecule has 0 bridgehead atoms. The van der Waals surface area contributed by atoms with Crippen LogP contribution in [0.5, 0.6) is 0 Å². The van der Waals surface area contributed by atoms with Crippen molar-refractivity contribution in [1.29, 1.82) is 0 Å². The molecule has 0 saturated carbocycles. The summed E-state index contributed by atoms with van der Waals surface area (Å²) in [5.41, 5.74) is 0. The molecule has 0 amide bonds. The third-order valence-corrected chi connectivity index (χ3v) is 2.57. The van der Waals surface area contributed by atoms with E-state index in [2.05, 4.69) is 0 Å². The summed E-state index contributed by atoms with van der Waals surface area (Å²) in [6.45, 7) is -0.217. The predicted octanol–water partition coefficient (Wildman–Crippen LogP) is -1.26. The van der Waals surface area contributed by atoms with Crippen molar-refractivity contribution in [3.8, 4) is 0 Å². The van der Waals surface area contributed by atoms with Crippen molar-refractivity contribution in [3.05, 3.63) is 0 Å². The molecule has 1 aliphatic rings. The fraction of sp³-hybridized carbons (Fsp3) is 1.00. The zero-order valence-electron chi connectivity index (χ0n) is 9.12. The third-order valence-electron chi connectivity index (χ3n) is 2.57. The summed E-state index contributed by atoms with van der Waals surface area (Å²) in [6, 6.07) is 0. The van der Waals surface area contributed by atoms with Crippen LogP contribution in [0.25, 0.3) is 0 Å². The van der Waals surface area contributed by atoms with E-state index in [1.165, 1.54) is 21.3 Å². The molecule has 1 saturated heterocycles. The maximum Gasteiger partial charge on any atom is 0.186 e. The summed E-state index contributed by atoms with van der Waals surface area (Å²) >= 11 is 0. The highest BCUT2D eigenvalue weighted by atomic mass is 16.7. The van der Waals surface area contributed by atoms with Crippen LogP contribution < -0.4 is 0 Å². The molecule has 0 aromatic rings. The Bertz CT molecular complexity index is 187. The smallest absolute Gasteiger partial charge is 0.186 e. The van der Waals surface area contributed by atoms with Crippen molar-refractivity contribution in [2.24, 2.45) is 0 Å². The van der Waals surface area contributed by atoms with E-state index in [1.807, 2.05) is 0 Å². The Morgan fingerprint density at radius 3 is 2.07 bits per heavy atom. The molecule has 1 rings (SSSR count). The van der Waals surface area contributed by atoms with Gasteiger partial charge in [-0.05, 0) is 0 Å². The molecule has 1 heterocycles. The van der Waals surface area contributed by atoms with Crippen molar-refractivity contribution in [3.63, 3.8) is 0 Å². The lowest BCUT2D eigenvalue weighted by Gasteiger charge is -2.42. The van der Waals surface area contributed by atoms with Gasteiger partial charge in [-0.15, -0.1) is 0 Å². The van der Waals surface area contributed by atoms with Crippen LogP contribution in [0.1, 0.15) is 0 Å². The van der Waals surface area contributed by atoms with Gasteiger partial charge in [0.05, 0.1) is 6.61 Å². The molecule has 0 radical (unpaired) electrons. The van der Waals surface area contributed by atoms with Crippen LogP contribution in [0.15, 0.2) is 0 Å². The molecular weight excluding hydrogens is 204 g/mol. The lowest BCUT2D eigenvalue weighted by atomic mass is 9.99. The minimum absolute atomic E-state index is 0.217. The van der Waals surface area contributed by atoms with E-state index in [0.29, 0.717) is 0 Å². The van der Waals surface area contributed by atoms with Crippen molar-refractivity contribution >= 4 is 0 Å². The normalized spacial score (nSPS) is 41.8. The summed E-state index contributed by atoms with van der Waals surface area (Å²) in [4.78, 5) is 0. The molecule has 15 heavy (non-hydrogen) atoms. The van der Waals surface area contributed by atoms with Crippen LogP contribution in [-0.4, -0.2) is 68.9 Å². The molecule has 0 unspecified atom stereocenters. The highest BCUT2D eigenvalue weighted by Gasteiger charge is 2.45. The first-order chi connectivity index (χ1) is 7.19. The summed E-state index contributed by atoms with van der Waals surface area (Å²) in [5, 5.41) is 18.9. The van der Waals surface area contributed by atoms with Gasteiger partial charge in [0.15, 0.2) is 6.29 Å². The Hall–Kier alpha value is -0.240. The van der Waals surface area contributed by atoms with Crippen molar-refractivity contribution in [2.45, 2.75) is 30.7 Å². The average molecular weight is 222 g/mol. The maximum atomic E-state index is 9.81. The van der Waals surface area contributed by atoms with Crippen LogP contribution >= 0.6 is 0 Å². The van der Waals surface area contributed by atoms with Crippen LogP contribution in [-0.2, 0) is 18.9 Å². The lowest BCUT2D eigenvalue weighted by Crippen LogP contribution is -2.60. The molecule has 90 valence electrons. The molecule has 0 aromatic carbocycles. The summed E-state index contributed by atoms with van der Waals surface area (Å²) in [5.74, 6) is 0. The number of aliphatic hydroxyl groups is 2. The number of rotatable bonds is 4. The van der Waals surface area contributed by atoms with Gasteiger partial charge in [-0.2, -0.15) is 0 Å². The SMILES string of the molecule is CO[C@H]1O[C@H](CO)[C@@H](OC)[C@H](OC)[C@@H]1O. The van der Waals surface area contributed by atoms with Gasteiger partial charge in [0.25, 0.3) is 0 Å². The Morgan fingerprint density at radius 1 is 1.07 bits per heavy atom. The quantitative estimate of drug-likeness (QED) is 0.618. The van der Waals surface area contributed by atoms with E-state index in [-0.39, 0.29) is 6.61 Å². The van der Waals surface area contributed by atoms with Crippen LogP contribution in [0.4, 0.5) is 0 Å². The monoisotopic (exact) mass is 222 g/mol. The van der Waals surface area contributed by atoms with E-state index in [0.717, 1.165) is 0 Å². The molecule has 1 fully saturated rings. The van der Waals surface area contributed by atoms with Crippen molar-refractivity contribution < 1.29 is 29.2 Å². The van der Waals surface area contributed by atoms with Gasteiger partial charge >= 0.3 is 0 Å². The number of aliphatic hydroxyl groups excluding tert-OH is 2. The summed E-state index contributed by atoms with van der Waals surface area (Å²) in [7, 11) is 4.36. The molecule has 6 heteroatoms. The first kappa shape index (κ1) is 12.8. The molecule has 0 aliphatic carbocycles. The molecular formula is C9H18O6. The van der Waals surface area contributed by atoms with E-state index < -0.39 is 30.7 Å². The number of hydrogen-bond acceptors (Lipinski definition) is 6. The van der Waals surface area contributed by atoms with Gasteiger partial charge in [0.2, 0.25) is 0 Å². The highest BCUT2D eigenvalue weighted by molar-refractivity contribution is 4.90. The van der Waals surface area contributed by atoms with Gasteiger partial charge in [0.1, 0.15) is 24.4 Å². The predicted molar refractivity (Wildman–Crippen MR) is 50.4 cm³/mol. The minimum Gasteiger partial charge on any atom is -0.394 e. The first-order valence-corrected chi connectivity index (χ1v) is 4.72. The third kappa shape index (κ3) is 2.47. The van der Waals surface area contributed by atoms with Crippen molar-refractivity contribution in [2.75, 3.05) is 27.9 Å². The second-order valence-corrected chi connectivity index (χ2v) is 3.35. The number of methoxy groups -OCH3 is 3. The van der Waals surface area contributed by atoms with Crippen LogP contribution in [0.3, 0.4) is 0 Å². The fourth-order valence-electron chi connectivity index (χ4n) is 1.79. The van der Waals surface area contributed by atoms with E-state index in [9.17, 15) is 5.11 Å². The molecule has 5 atom stereocenters. The van der Waals surface area contributed by atoms with Crippen LogP contribution in [0.2, 0.25) is 0 Å². The number of hydrogen-bond donors (Lipinski definition) is 2. The Morgan fingerprint density at radius 2 is 1.67 bits per heavy atom. The zero-order valence-corrected chi connectivity index (χ0v) is 9.12. The lowest BCUT2D eigenvalue weighted by molar-refractivity contribution is -0.301. The first-order valence-electron chi connectivity index (χ1n) is 4.72. The standard InChI is InChI=1S/C9H18O6/c1-12-7-5(4-10)15-9(14-3)6(11)8(7)13-2/h5-11H,4H2,1-3H3/t5-,6+,7-,8-,9+/m1/s1. The van der Waals surface area contributed by atoms with Crippen molar-refractivity contribution in [1.82, 2.24) is 0 Å². The largest absolute Gasteiger partial charge is 0.394 e. The minimum atomic E-state index is -0.937.